The molecule has 0 heterocycles. The SMILES string of the molecule is CCNC(CCC1CC1)c1ccc(Br)cc1. The Hall–Kier alpha value is -0.340. The first-order valence-electron chi connectivity index (χ1n) is 6.28. The average Bonchev–Trinajstić information content (AvgIpc) is 3.09. The molecule has 88 valence electrons. The Morgan fingerprint density at radius 3 is 2.56 bits per heavy atom. The van der Waals surface area contributed by atoms with Crippen molar-refractivity contribution in [3.63, 3.8) is 0 Å². The van der Waals surface area contributed by atoms with Crippen molar-refractivity contribution >= 4 is 15.9 Å². The van der Waals surface area contributed by atoms with Gasteiger partial charge in [-0.3, -0.25) is 0 Å². The van der Waals surface area contributed by atoms with Gasteiger partial charge in [-0.25, -0.2) is 0 Å². The van der Waals surface area contributed by atoms with Gasteiger partial charge in [0.15, 0.2) is 0 Å². The molecule has 1 saturated carbocycles. The van der Waals surface area contributed by atoms with Crippen LogP contribution < -0.4 is 5.32 Å². The Kier molecular flexibility index (Phi) is 4.42. The van der Waals surface area contributed by atoms with Gasteiger partial charge < -0.3 is 5.32 Å². The van der Waals surface area contributed by atoms with Crippen molar-refractivity contribution in [1.29, 1.82) is 0 Å². The molecule has 0 radical (unpaired) electrons. The van der Waals surface area contributed by atoms with E-state index in [2.05, 4.69) is 52.4 Å². The zero-order valence-electron chi connectivity index (χ0n) is 9.88. The van der Waals surface area contributed by atoms with Crippen LogP contribution in [0.3, 0.4) is 0 Å². The summed E-state index contributed by atoms with van der Waals surface area (Å²) in [6.45, 7) is 3.23. The highest BCUT2D eigenvalue weighted by Gasteiger charge is 2.22. The highest BCUT2D eigenvalue weighted by atomic mass is 79.9. The van der Waals surface area contributed by atoms with Gasteiger partial charge in [-0.05, 0) is 43.0 Å². The zero-order valence-corrected chi connectivity index (χ0v) is 11.5. The van der Waals surface area contributed by atoms with Gasteiger partial charge in [0, 0.05) is 10.5 Å². The van der Waals surface area contributed by atoms with Crippen LogP contribution in [0.2, 0.25) is 0 Å². The van der Waals surface area contributed by atoms with Gasteiger partial charge in [-0.2, -0.15) is 0 Å². The third-order valence-corrected chi connectivity index (χ3v) is 3.81. The number of benzene rings is 1. The van der Waals surface area contributed by atoms with Gasteiger partial charge in [-0.15, -0.1) is 0 Å². The smallest absolute Gasteiger partial charge is 0.0320 e. The van der Waals surface area contributed by atoms with Gasteiger partial charge >= 0.3 is 0 Å². The van der Waals surface area contributed by atoms with E-state index in [0.29, 0.717) is 6.04 Å². The van der Waals surface area contributed by atoms with Crippen molar-refractivity contribution in [2.75, 3.05) is 6.54 Å². The maximum absolute atomic E-state index is 3.59. The lowest BCUT2D eigenvalue weighted by molar-refractivity contribution is 0.481. The Bertz CT molecular complexity index is 316. The number of hydrogen-bond acceptors (Lipinski definition) is 1. The molecule has 0 amide bonds. The van der Waals surface area contributed by atoms with Gasteiger partial charge in [0.25, 0.3) is 0 Å². The van der Waals surface area contributed by atoms with Crippen molar-refractivity contribution in [2.24, 2.45) is 5.92 Å². The molecular weight excluding hydrogens is 262 g/mol. The maximum atomic E-state index is 3.59. The summed E-state index contributed by atoms with van der Waals surface area (Å²) in [5, 5.41) is 3.59. The average molecular weight is 282 g/mol. The van der Waals surface area contributed by atoms with Crippen LogP contribution in [-0.4, -0.2) is 6.54 Å². The van der Waals surface area contributed by atoms with Crippen LogP contribution in [0.1, 0.15) is 44.2 Å². The summed E-state index contributed by atoms with van der Waals surface area (Å²) in [6.07, 6.45) is 5.58. The molecule has 1 aromatic rings. The van der Waals surface area contributed by atoms with E-state index in [0.717, 1.165) is 16.9 Å². The Morgan fingerprint density at radius 2 is 2.00 bits per heavy atom. The number of hydrogen-bond donors (Lipinski definition) is 1. The maximum Gasteiger partial charge on any atom is 0.0320 e. The molecule has 0 aromatic heterocycles. The molecule has 0 saturated heterocycles. The molecule has 1 fully saturated rings. The van der Waals surface area contributed by atoms with Gasteiger partial charge in [0.1, 0.15) is 0 Å². The largest absolute Gasteiger partial charge is 0.310 e. The molecule has 2 rings (SSSR count). The number of rotatable bonds is 6. The first-order chi connectivity index (χ1) is 7.79. The Balaban J connectivity index is 1.95. The van der Waals surface area contributed by atoms with Crippen molar-refractivity contribution in [3.8, 4) is 0 Å². The summed E-state index contributed by atoms with van der Waals surface area (Å²) in [5.41, 5.74) is 1.42. The summed E-state index contributed by atoms with van der Waals surface area (Å²) in [5.74, 6) is 1.02. The van der Waals surface area contributed by atoms with E-state index >= 15 is 0 Å². The normalized spacial score (nSPS) is 17.4. The van der Waals surface area contributed by atoms with Crippen LogP contribution in [0.4, 0.5) is 0 Å². The highest BCUT2D eigenvalue weighted by Crippen LogP contribution is 2.36. The lowest BCUT2D eigenvalue weighted by Gasteiger charge is -2.18. The first-order valence-corrected chi connectivity index (χ1v) is 7.07. The van der Waals surface area contributed by atoms with Crippen LogP contribution >= 0.6 is 15.9 Å². The second-order valence-electron chi connectivity index (χ2n) is 4.68. The van der Waals surface area contributed by atoms with E-state index < -0.39 is 0 Å². The number of halogens is 1. The quantitative estimate of drug-likeness (QED) is 0.820. The van der Waals surface area contributed by atoms with Crippen molar-refractivity contribution < 1.29 is 0 Å². The predicted molar refractivity (Wildman–Crippen MR) is 72.5 cm³/mol. The molecule has 1 aromatic carbocycles. The summed E-state index contributed by atoms with van der Waals surface area (Å²) < 4.78 is 1.16. The fourth-order valence-corrected chi connectivity index (χ4v) is 2.40. The summed E-state index contributed by atoms with van der Waals surface area (Å²) in [7, 11) is 0. The van der Waals surface area contributed by atoms with Crippen LogP contribution in [0.25, 0.3) is 0 Å². The monoisotopic (exact) mass is 281 g/mol. The minimum absolute atomic E-state index is 0.540. The van der Waals surface area contributed by atoms with E-state index in [1.165, 1.54) is 31.2 Å². The van der Waals surface area contributed by atoms with Crippen LogP contribution in [0, 0.1) is 5.92 Å². The fraction of sp³-hybridized carbons (Fsp3) is 0.571. The lowest BCUT2D eigenvalue weighted by Crippen LogP contribution is -2.20. The van der Waals surface area contributed by atoms with Crippen LogP contribution in [0.15, 0.2) is 28.7 Å². The number of nitrogens with one attached hydrogen (secondary N) is 1. The van der Waals surface area contributed by atoms with E-state index in [-0.39, 0.29) is 0 Å². The van der Waals surface area contributed by atoms with E-state index in [4.69, 9.17) is 0 Å². The van der Waals surface area contributed by atoms with Gasteiger partial charge in [-0.1, -0.05) is 47.8 Å². The van der Waals surface area contributed by atoms with Gasteiger partial charge in [0.2, 0.25) is 0 Å². The molecule has 1 N–H and O–H groups in total. The van der Waals surface area contributed by atoms with E-state index in [1.807, 2.05) is 0 Å². The second-order valence-corrected chi connectivity index (χ2v) is 5.60. The van der Waals surface area contributed by atoms with Crippen LogP contribution in [-0.2, 0) is 0 Å². The molecule has 1 aliphatic carbocycles. The topological polar surface area (TPSA) is 12.0 Å². The van der Waals surface area contributed by atoms with Crippen LogP contribution in [0.5, 0.6) is 0 Å². The summed E-state index contributed by atoms with van der Waals surface area (Å²) >= 11 is 3.49. The third kappa shape index (κ3) is 3.60. The molecule has 0 bridgehead atoms. The fourth-order valence-electron chi connectivity index (χ4n) is 2.14. The second kappa shape index (κ2) is 5.83. The molecule has 1 atom stereocenters. The lowest BCUT2D eigenvalue weighted by atomic mass is 10.0. The molecule has 1 unspecified atom stereocenters. The highest BCUT2D eigenvalue weighted by molar-refractivity contribution is 9.10. The summed E-state index contributed by atoms with van der Waals surface area (Å²) in [6, 6.07) is 9.26. The third-order valence-electron chi connectivity index (χ3n) is 3.28. The molecular formula is C14H20BrN. The van der Waals surface area contributed by atoms with Crippen molar-refractivity contribution in [1.82, 2.24) is 5.32 Å². The van der Waals surface area contributed by atoms with E-state index in [9.17, 15) is 0 Å². The predicted octanol–water partition coefficient (Wildman–Crippen LogP) is 4.29. The molecule has 1 nitrogen and oxygen atoms in total. The summed E-state index contributed by atoms with van der Waals surface area (Å²) in [4.78, 5) is 0. The first kappa shape index (κ1) is 12.1. The zero-order chi connectivity index (χ0) is 11.4. The molecule has 0 aliphatic heterocycles. The minimum atomic E-state index is 0.540. The molecule has 2 heteroatoms. The standard InChI is InChI=1S/C14H20BrN/c1-2-16-14(10-5-11-3-4-11)12-6-8-13(15)9-7-12/h6-9,11,14,16H,2-5,10H2,1H3. The van der Waals surface area contributed by atoms with Crippen molar-refractivity contribution in [2.45, 2.75) is 38.6 Å². The van der Waals surface area contributed by atoms with Crippen molar-refractivity contribution in [3.05, 3.63) is 34.3 Å². The van der Waals surface area contributed by atoms with Gasteiger partial charge in [0.05, 0.1) is 0 Å². The minimum Gasteiger partial charge on any atom is -0.310 e. The van der Waals surface area contributed by atoms with E-state index in [1.54, 1.807) is 0 Å². The molecule has 1 aliphatic rings. The molecule has 16 heavy (non-hydrogen) atoms. The molecule has 0 spiro atoms. The Labute approximate surface area is 107 Å². The Morgan fingerprint density at radius 1 is 1.31 bits per heavy atom.